The van der Waals surface area contributed by atoms with E-state index < -0.39 is 0 Å². The smallest absolute Gasteiger partial charge is 0.0480 e. The number of aryl methyl sites for hydroxylation is 2. The van der Waals surface area contributed by atoms with Crippen molar-refractivity contribution in [3.05, 3.63) is 35.5 Å². The number of benzene rings is 1. The standard InChI is InChI=1S/C13H17N/c1-9(2)12-8-14(4)13-6-5-10(3)7-11(12)13/h5-9H,1-4H3. The maximum atomic E-state index is 2.28. The van der Waals surface area contributed by atoms with Gasteiger partial charge in [-0.15, -0.1) is 0 Å². The van der Waals surface area contributed by atoms with Gasteiger partial charge in [-0.1, -0.05) is 25.5 Å². The van der Waals surface area contributed by atoms with E-state index in [0.29, 0.717) is 5.92 Å². The Kier molecular flexibility index (Phi) is 2.10. The van der Waals surface area contributed by atoms with Crippen LogP contribution in [0, 0.1) is 6.92 Å². The summed E-state index contributed by atoms with van der Waals surface area (Å²) in [7, 11) is 2.11. The van der Waals surface area contributed by atoms with E-state index >= 15 is 0 Å². The van der Waals surface area contributed by atoms with E-state index in [2.05, 4.69) is 56.8 Å². The summed E-state index contributed by atoms with van der Waals surface area (Å²) in [6.45, 7) is 6.64. The van der Waals surface area contributed by atoms with Crippen LogP contribution in [-0.2, 0) is 7.05 Å². The summed E-state index contributed by atoms with van der Waals surface area (Å²) < 4.78 is 2.21. The highest BCUT2D eigenvalue weighted by molar-refractivity contribution is 5.85. The average Bonchev–Trinajstić information content (AvgIpc) is 2.43. The highest BCUT2D eigenvalue weighted by Gasteiger charge is 2.08. The lowest BCUT2D eigenvalue weighted by atomic mass is 10.0. The molecule has 1 heteroatoms. The zero-order chi connectivity index (χ0) is 10.3. The Morgan fingerprint density at radius 2 is 1.93 bits per heavy atom. The van der Waals surface area contributed by atoms with Gasteiger partial charge < -0.3 is 4.57 Å². The summed E-state index contributed by atoms with van der Waals surface area (Å²) in [5, 5.41) is 1.41. The summed E-state index contributed by atoms with van der Waals surface area (Å²) in [6.07, 6.45) is 2.24. The molecule has 14 heavy (non-hydrogen) atoms. The average molecular weight is 187 g/mol. The van der Waals surface area contributed by atoms with Crippen LogP contribution < -0.4 is 0 Å². The SMILES string of the molecule is Cc1ccc2c(c1)c(C(C)C)cn2C. The van der Waals surface area contributed by atoms with Crippen LogP contribution in [0.4, 0.5) is 0 Å². The maximum absolute atomic E-state index is 2.28. The van der Waals surface area contributed by atoms with Crippen molar-refractivity contribution in [3.8, 4) is 0 Å². The van der Waals surface area contributed by atoms with Gasteiger partial charge in [0.1, 0.15) is 0 Å². The van der Waals surface area contributed by atoms with Crippen LogP contribution in [0.15, 0.2) is 24.4 Å². The lowest BCUT2D eigenvalue weighted by molar-refractivity contribution is 0.857. The predicted octanol–water partition coefficient (Wildman–Crippen LogP) is 3.61. The molecular weight excluding hydrogens is 170 g/mol. The molecule has 0 saturated heterocycles. The monoisotopic (exact) mass is 187 g/mol. The fourth-order valence-electron chi connectivity index (χ4n) is 2.00. The summed E-state index contributed by atoms with van der Waals surface area (Å²) in [5.41, 5.74) is 4.12. The van der Waals surface area contributed by atoms with Gasteiger partial charge in [-0.25, -0.2) is 0 Å². The number of hydrogen-bond donors (Lipinski definition) is 0. The second kappa shape index (κ2) is 3.16. The number of fused-ring (bicyclic) bond motifs is 1. The van der Waals surface area contributed by atoms with Gasteiger partial charge in [0, 0.05) is 24.1 Å². The van der Waals surface area contributed by atoms with Crippen molar-refractivity contribution in [3.63, 3.8) is 0 Å². The predicted molar refractivity (Wildman–Crippen MR) is 61.7 cm³/mol. The second-order valence-electron chi connectivity index (χ2n) is 4.37. The normalized spacial score (nSPS) is 11.5. The molecule has 1 aromatic heterocycles. The third-order valence-electron chi connectivity index (χ3n) is 2.80. The lowest BCUT2D eigenvalue weighted by Crippen LogP contribution is -1.84. The van der Waals surface area contributed by atoms with Crippen LogP contribution in [0.25, 0.3) is 10.9 Å². The van der Waals surface area contributed by atoms with Crippen molar-refractivity contribution in [1.82, 2.24) is 4.57 Å². The fourth-order valence-corrected chi connectivity index (χ4v) is 2.00. The van der Waals surface area contributed by atoms with Crippen molar-refractivity contribution in [2.75, 3.05) is 0 Å². The van der Waals surface area contributed by atoms with Gasteiger partial charge in [-0.05, 0) is 30.5 Å². The first-order valence-corrected chi connectivity index (χ1v) is 5.15. The molecule has 74 valence electrons. The van der Waals surface area contributed by atoms with Crippen molar-refractivity contribution < 1.29 is 0 Å². The van der Waals surface area contributed by atoms with Gasteiger partial charge in [0.2, 0.25) is 0 Å². The molecule has 0 radical (unpaired) electrons. The van der Waals surface area contributed by atoms with Crippen LogP contribution in [-0.4, -0.2) is 4.57 Å². The molecule has 0 saturated carbocycles. The number of hydrogen-bond acceptors (Lipinski definition) is 0. The minimum absolute atomic E-state index is 0.598. The van der Waals surface area contributed by atoms with Crippen LogP contribution in [0.3, 0.4) is 0 Å². The van der Waals surface area contributed by atoms with Crippen molar-refractivity contribution in [2.24, 2.45) is 7.05 Å². The highest BCUT2D eigenvalue weighted by Crippen LogP contribution is 2.27. The Bertz CT molecular complexity index is 463. The van der Waals surface area contributed by atoms with Crippen molar-refractivity contribution in [1.29, 1.82) is 0 Å². The van der Waals surface area contributed by atoms with Gasteiger partial charge in [0.25, 0.3) is 0 Å². The molecule has 0 aliphatic heterocycles. The third kappa shape index (κ3) is 1.33. The third-order valence-corrected chi connectivity index (χ3v) is 2.80. The molecule has 1 aromatic carbocycles. The zero-order valence-electron chi connectivity index (χ0n) is 9.33. The summed E-state index contributed by atoms with van der Waals surface area (Å²) in [4.78, 5) is 0. The molecule has 0 fully saturated rings. The highest BCUT2D eigenvalue weighted by atomic mass is 14.9. The Labute approximate surface area is 85.4 Å². The van der Waals surface area contributed by atoms with Gasteiger partial charge >= 0.3 is 0 Å². The Morgan fingerprint density at radius 1 is 1.21 bits per heavy atom. The van der Waals surface area contributed by atoms with Gasteiger partial charge in [-0.3, -0.25) is 0 Å². The first-order valence-electron chi connectivity index (χ1n) is 5.15. The molecule has 0 aliphatic carbocycles. The lowest BCUT2D eigenvalue weighted by Gasteiger charge is -2.02. The Morgan fingerprint density at radius 3 is 2.57 bits per heavy atom. The van der Waals surface area contributed by atoms with Gasteiger partial charge in [0.05, 0.1) is 0 Å². The molecule has 0 atom stereocenters. The summed E-state index contributed by atoms with van der Waals surface area (Å²) >= 11 is 0. The van der Waals surface area contributed by atoms with E-state index in [0.717, 1.165) is 0 Å². The van der Waals surface area contributed by atoms with Crippen molar-refractivity contribution >= 4 is 10.9 Å². The van der Waals surface area contributed by atoms with Gasteiger partial charge in [0.15, 0.2) is 0 Å². The summed E-state index contributed by atoms with van der Waals surface area (Å²) in [6, 6.07) is 6.66. The van der Waals surface area contributed by atoms with E-state index in [4.69, 9.17) is 0 Å². The van der Waals surface area contributed by atoms with E-state index in [1.54, 1.807) is 0 Å². The largest absolute Gasteiger partial charge is 0.350 e. The second-order valence-corrected chi connectivity index (χ2v) is 4.37. The van der Waals surface area contributed by atoms with E-state index in [9.17, 15) is 0 Å². The number of rotatable bonds is 1. The fraction of sp³-hybridized carbons (Fsp3) is 0.385. The van der Waals surface area contributed by atoms with E-state index in [1.807, 2.05) is 0 Å². The minimum atomic E-state index is 0.598. The van der Waals surface area contributed by atoms with Crippen molar-refractivity contribution in [2.45, 2.75) is 26.7 Å². The van der Waals surface area contributed by atoms with Crippen LogP contribution in [0.5, 0.6) is 0 Å². The summed E-state index contributed by atoms with van der Waals surface area (Å²) in [5.74, 6) is 0.598. The minimum Gasteiger partial charge on any atom is -0.350 e. The molecule has 0 bridgehead atoms. The molecule has 0 N–H and O–H groups in total. The molecule has 0 amide bonds. The molecule has 0 aliphatic rings. The molecule has 2 rings (SSSR count). The Balaban J connectivity index is 2.79. The van der Waals surface area contributed by atoms with Gasteiger partial charge in [-0.2, -0.15) is 0 Å². The first kappa shape index (κ1) is 9.32. The number of aromatic nitrogens is 1. The van der Waals surface area contributed by atoms with Crippen LogP contribution in [0.2, 0.25) is 0 Å². The van der Waals surface area contributed by atoms with E-state index in [-0.39, 0.29) is 0 Å². The van der Waals surface area contributed by atoms with Crippen LogP contribution >= 0.6 is 0 Å². The molecule has 1 heterocycles. The Hall–Kier alpha value is -1.24. The molecular formula is C13H17N. The molecule has 0 spiro atoms. The molecule has 0 unspecified atom stereocenters. The topological polar surface area (TPSA) is 4.93 Å². The van der Waals surface area contributed by atoms with E-state index in [1.165, 1.54) is 22.0 Å². The van der Waals surface area contributed by atoms with Crippen LogP contribution in [0.1, 0.15) is 30.9 Å². The quantitative estimate of drug-likeness (QED) is 0.642. The molecule has 1 nitrogen and oxygen atoms in total. The first-order chi connectivity index (χ1) is 6.59. The number of nitrogens with zero attached hydrogens (tertiary/aromatic N) is 1. The zero-order valence-corrected chi connectivity index (χ0v) is 9.33. The maximum Gasteiger partial charge on any atom is 0.0480 e. The molecule has 2 aromatic rings.